The Kier molecular flexibility index (Phi) is 5.90. The molecule has 8 nitrogen and oxygen atoms in total. The summed E-state index contributed by atoms with van der Waals surface area (Å²) in [6.45, 7) is 11.9. The number of aliphatic hydroxyl groups excluding tert-OH is 1. The molecule has 30 heavy (non-hydrogen) atoms. The third-order valence-electron chi connectivity index (χ3n) is 7.30. The lowest BCUT2D eigenvalue weighted by Crippen LogP contribution is -2.54. The summed E-state index contributed by atoms with van der Waals surface area (Å²) < 4.78 is 18.1. The number of fused-ring (bicyclic) bond motifs is 1. The molecule has 2 bridgehead atoms. The number of aliphatic hydroxyl groups is 1. The van der Waals surface area contributed by atoms with Gasteiger partial charge in [-0.2, -0.15) is 5.10 Å². The highest BCUT2D eigenvalue weighted by Crippen LogP contribution is 2.49. The molecule has 0 unspecified atom stereocenters. The highest BCUT2D eigenvalue weighted by Gasteiger charge is 2.62. The van der Waals surface area contributed by atoms with E-state index in [2.05, 4.69) is 39.9 Å². The molecular weight excluding hydrogens is 384 g/mol. The first-order valence-electron chi connectivity index (χ1n) is 11.5. The molecule has 4 saturated heterocycles. The van der Waals surface area contributed by atoms with Gasteiger partial charge in [-0.25, -0.2) is 0 Å². The zero-order valence-electron chi connectivity index (χ0n) is 18.3. The van der Waals surface area contributed by atoms with Gasteiger partial charge in [-0.1, -0.05) is 13.8 Å². The number of likely N-dealkylation sites (tertiary alicyclic amines) is 2. The Labute approximate surface area is 178 Å². The molecule has 0 radical (unpaired) electrons. The first-order chi connectivity index (χ1) is 14.6. The topological polar surface area (TPSA) is 83.1 Å². The van der Waals surface area contributed by atoms with Gasteiger partial charge in [0.1, 0.15) is 0 Å². The van der Waals surface area contributed by atoms with Crippen molar-refractivity contribution in [3.05, 3.63) is 17.5 Å². The second kappa shape index (κ2) is 8.48. The minimum atomic E-state index is -0.205. The van der Waals surface area contributed by atoms with Crippen LogP contribution < -0.4 is 0 Å². The van der Waals surface area contributed by atoms with Crippen LogP contribution in [0.25, 0.3) is 0 Å². The summed E-state index contributed by atoms with van der Waals surface area (Å²) in [7, 11) is 0. The SMILES string of the molecule is CC(C)Cc1cc(CN2C[C@H]3O[C@]4(C2)CN(C2COCCOC2)C[C@@H]4[C@@H]3CO)[nH]n1. The number of hydrogen-bond donors (Lipinski definition) is 2. The molecule has 168 valence electrons. The summed E-state index contributed by atoms with van der Waals surface area (Å²) in [6.07, 6.45) is 1.11. The maximum absolute atomic E-state index is 10.2. The quantitative estimate of drug-likeness (QED) is 0.694. The van der Waals surface area contributed by atoms with E-state index in [-0.39, 0.29) is 30.3 Å². The van der Waals surface area contributed by atoms with Crippen molar-refractivity contribution in [1.29, 1.82) is 0 Å². The van der Waals surface area contributed by atoms with Gasteiger partial charge < -0.3 is 19.3 Å². The Hall–Kier alpha value is -1.03. The van der Waals surface area contributed by atoms with E-state index in [4.69, 9.17) is 14.2 Å². The fraction of sp³-hybridized carbons (Fsp3) is 0.864. The van der Waals surface area contributed by atoms with E-state index in [1.54, 1.807) is 0 Å². The van der Waals surface area contributed by atoms with Gasteiger partial charge in [-0.05, 0) is 18.4 Å². The molecule has 4 fully saturated rings. The Bertz CT molecular complexity index is 720. The van der Waals surface area contributed by atoms with E-state index in [0.717, 1.165) is 44.8 Å². The van der Waals surface area contributed by atoms with Gasteiger partial charge in [0.05, 0.1) is 49.9 Å². The second-order valence-electron chi connectivity index (χ2n) is 10.1. The number of nitrogens with zero attached hydrogens (tertiary/aromatic N) is 3. The molecule has 0 aromatic carbocycles. The molecule has 5 rings (SSSR count). The summed E-state index contributed by atoms with van der Waals surface area (Å²) >= 11 is 0. The highest BCUT2D eigenvalue weighted by atomic mass is 16.5. The van der Waals surface area contributed by atoms with Gasteiger partial charge in [0, 0.05) is 56.9 Å². The minimum absolute atomic E-state index is 0.107. The number of rotatable bonds is 6. The number of morpholine rings is 1. The number of aromatic amines is 1. The van der Waals surface area contributed by atoms with Gasteiger partial charge in [-0.3, -0.25) is 14.9 Å². The fourth-order valence-electron chi connectivity index (χ4n) is 6.03. The predicted molar refractivity (Wildman–Crippen MR) is 111 cm³/mol. The van der Waals surface area contributed by atoms with Crippen molar-refractivity contribution in [1.82, 2.24) is 20.0 Å². The summed E-state index contributed by atoms with van der Waals surface area (Å²) in [5.41, 5.74) is 2.10. The lowest BCUT2D eigenvalue weighted by atomic mass is 9.83. The molecule has 2 N–H and O–H groups in total. The Balaban J connectivity index is 1.29. The van der Waals surface area contributed by atoms with Gasteiger partial charge in [0.15, 0.2) is 0 Å². The average Bonchev–Trinajstić information content (AvgIpc) is 3.22. The van der Waals surface area contributed by atoms with E-state index >= 15 is 0 Å². The minimum Gasteiger partial charge on any atom is -0.396 e. The average molecular weight is 421 g/mol. The molecule has 4 atom stereocenters. The number of aromatic nitrogens is 2. The molecule has 0 amide bonds. The third kappa shape index (κ3) is 3.94. The van der Waals surface area contributed by atoms with E-state index in [0.29, 0.717) is 38.3 Å². The number of ether oxygens (including phenoxy) is 3. The van der Waals surface area contributed by atoms with Crippen LogP contribution in [0.15, 0.2) is 6.07 Å². The Morgan fingerprint density at radius 2 is 2.03 bits per heavy atom. The molecule has 1 aromatic rings. The molecule has 1 spiro atoms. The van der Waals surface area contributed by atoms with Crippen LogP contribution in [0.4, 0.5) is 0 Å². The van der Waals surface area contributed by atoms with Crippen LogP contribution >= 0.6 is 0 Å². The van der Waals surface area contributed by atoms with Gasteiger partial charge in [0.2, 0.25) is 0 Å². The summed E-state index contributed by atoms with van der Waals surface area (Å²) in [4.78, 5) is 4.97. The molecule has 0 saturated carbocycles. The van der Waals surface area contributed by atoms with Gasteiger partial charge in [0.25, 0.3) is 0 Å². The summed E-state index contributed by atoms with van der Waals surface area (Å²) in [5, 5.41) is 17.9. The molecule has 5 heterocycles. The van der Waals surface area contributed by atoms with Crippen molar-refractivity contribution in [3.63, 3.8) is 0 Å². The number of hydrogen-bond acceptors (Lipinski definition) is 7. The largest absolute Gasteiger partial charge is 0.396 e. The molecule has 4 aliphatic rings. The number of nitrogens with one attached hydrogen (secondary N) is 1. The van der Waals surface area contributed by atoms with Crippen LogP contribution in [0.3, 0.4) is 0 Å². The Morgan fingerprint density at radius 1 is 1.23 bits per heavy atom. The molecular formula is C22H36N4O4. The Morgan fingerprint density at radius 3 is 2.77 bits per heavy atom. The van der Waals surface area contributed by atoms with Crippen molar-refractivity contribution < 1.29 is 19.3 Å². The zero-order valence-corrected chi connectivity index (χ0v) is 18.3. The molecule has 8 heteroatoms. The van der Waals surface area contributed by atoms with Crippen molar-refractivity contribution in [3.8, 4) is 0 Å². The third-order valence-corrected chi connectivity index (χ3v) is 7.30. The first kappa shape index (κ1) is 20.8. The second-order valence-corrected chi connectivity index (χ2v) is 10.1. The normalized spacial score (nSPS) is 35.8. The van der Waals surface area contributed by atoms with Crippen molar-refractivity contribution in [2.45, 2.75) is 44.6 Å². The molecule has 4 aliphatic heterocycles. The van der Waals surface area contributed by atoms with E-state index in [1.165, 1.54) is 5.69 Å². The van der Waals surface area contributed by atoms with Gasteiger partial charge >= 0.3 is 0 Å². The van der Waals surface area contributed by atoms with E-state index < -0.39 is 0 Å². The first-order valence-corrected chi connectivity index (χ1v) is 11.5. The lowest BCUT2D eigenvalue weighted by Gasteiger charge is -2.41. The monoisotopic (exact) mass is 420 g/mol. The van der Waals surface area contributed by atoms with Crippen LogP contribution in [0.2, 0.25) is 0 Å². The smallest absolute Gasteiger partial charge is 0.0984 e. The molecule has 0 aliphatic carbocycles. The zero-order chi connectivity index (χ0) is 20.7. The summed E-state index contributed by atoms with van der Waals surface area (Å²) in [5.74, 6) is 1.16. The lowest BCUT2D eigenvalue weighted by molar-refractivity contribution is -0.122. The van der Waals surface area contributed by atoms with Crippen LogP contribution in [-0.2, 0) is 27.2 Å². The maximum Gasteiger partial charge on any atom is 0.0984 e. The highest BCUT2D eigenvalue weighted by molar-refractivity contribution is 5.15. The van der Waals surface area contributed by atoms with Crippen molar-refractivity contribution in [2.75, 3.05) is 59.2 Å². The number of H-pyrrole nitrogens is 1. The maximum atomic E-state index is 10.2. The van der Waals surface area contributed by atoms with Crippen molar-refractivity contribution >= 4 is 0 Å². The standard InChI is InChI=1S/C22H36N4O4/c1-15(2)5-16-6-17(24-23-16)7-25-9-21-19(10-27)20-8-26(14-22(20,13-25)30-21)18-11-28-3-4-29-12-18/h6,15,18-21,27H,3-5,7-14H2,1-2H3,(H,23,24)/t19-,20+,21+,22+/m0/s1. The predicted octanol–water partition coefficient (Wildman–Crippen LogP) is 0.517. The fourth-order valence-corrected chi connectivity index (χ4v) is 6.03. The summed E-state index contributed by atoms with van der Waals surface area (Å²) in [6, 6.07) is 2.48. The van der Waals surface area contributed by atoms with Gasteiger partial charge in [-0.15, -0.1) is 0 Å². The van der Waals surface area contributed by atoms with Crippen molar-refractivity contribution in [2.24, 2.45) is 17.8 Å². The van der Waals surface area contributed by atoms with E-state index in [9.17, 15) is 5.11 Å². The van der Waals surface area contributed by atoms with Crippen LogP contribution in [0, 0.1) is 17.8 Å². The van der Waals surface area contributed by atoms with E-state index in [1.807, 2.05) is 0 Å². The molecule has 1 aromatic heterocycles. The van der Waals surface area contributed by atoms with Crippen LogP contribution in [0.5, 0.6) is 0 Å². The van der Waals surface area contributed by atoms with Crippen LogP contribution in [-0.4, -0.2) is 102 Å². The van der Waals surface area contributed by atoms with Crippen LogP contribution in [0.1, 0.15) is 25.2 Å².